The Balaban J connectivity index is 1.54. The van der Waals surface area contributed by atoms with E-state index in [-0.39, 0.29) is 0 Å². The van der Waals surface area contributed by atoms with Gasteiger partial charge in [0.1, 0.15) is 0 Å². The maximum absolute atomic E-state index is 5.36. The van der Waals surface area contributed by atoms with Crippen LogP contribution in [-0.4, -0.2) is 67.4 Å². The van der Waals surface area contributed by atoms with E-state index >= 15 is 0 Å². The molecular formula is C12H18N4O2. The number of nitrogens with zero attached hydrogens (tertiary/aromatic N) is 4. The summed E-state index contributed by atoms with van der Waals surface area (Å²) in [5.74, 6) is 1.49. The second-order valence-corrected chi connectivity index (χ2v) is 4.63. The third-order valence-corrected chi connectivity index (χ3v) is 3.56. The first kappa shape index (κ1) is 11.7. The molecule has 0 bridgehead atoms. The molecule has 0 radical (unpaired) electrons. The number of methoxy groups -OCH3 is 1. The average molecular weight is 250 g/mol. The van der Waals surface area contributed by atoms with Crippen LogP contribution in [0, 0.1) is 0 Å². The molecule has 0 saturated carbocycles. The lowest BCUT2D eigenvalue weighted by Crippen LogP contribution is -2.62. The SMILES string of the molecule is COc1cnc(N2CC(N3CCOCC3)C2)nc1. The molecule has 0 aromatic carbocycles. The van der Waals surface area contributed by atoms with Crippen molar-refractivity contribution in [2.24, 2.45) is 0 Å². The standard InChI is InChI=1S/C12H18N4O2/c1-17-11-6-13-12(14-7-11)16-8-10(9-16)15-2-4-18-5-3-15/h6-7,10H,2-5,8-9H2,1H3. The van der Waals surface area contributed by atoms with Crippen molar-refractivity contribution in [2.45, 2.75) is 6.04 Å². The van der Waals surface area contributed by atoms with Gasteiger partial charge in [0.05, 0.1) is 32.7 Å². The van der Waals surface area contributed by atoms with Gasteiger partial charge in [-0.15, -0.1) is 0 Å². The number of hydrogen-bond donors (Lipinski definition) is 0. The second kappa shape index (κ2) is 5.07. The number of anilines is 1. The maximum Gasteiger partial charge on any atom is 0.225 e. The van der Waals surface area contributed by atoms with Crippen LogP contribution in [0.25, 0.3) is 0 Å². The Kier molecular flexibility index (Phi) is 3.29. The summed E-state index contributed by atoms with van der Waals surface area (Å²) in [4.78, 5) is 13.3. The molecule has 18 heavy (non-hydrogen) atoms. The summed E-state index contributed by atoms with van der Waals surface area (Å²) < 4.78 is 10.4. The first-order valence-corrected chi connectivity index (χ1v) is 6.29. The molecule has 98 valence electrons. The van der Waals surface area contributed by atoms with Gasteiger partial charge in [-0.3, -0.25) is 4.90 Å². The predicted molar refractivity (Wildman–Crippen MR) is 67.0 cm³/mol. The molecule has 0 amide bonds. The van der Waals surface area contributed by atoms with E-state index in [1.807, 2.05) is 0 Å². The van der Waals surface area contributed by atoms with Crippen molar-refractivity contribution in [3.05, 3.63) is 12.4 Å². The molecule has 0 N–H and O–H groups in total. The number of ether oxygens (including phenoxy) is 2. The zero-order valence-corrected chi connectivity index (χ0v) is 10.6. The Morgan fingerprint density at radius 1 is 1.22 bits per heavy atom. The van der Waals surface area contributed by atoms with Gasteiger partial charge in [-0.25, -0.2) is 9.97 Å². The molecule has 2 aliphatic heterocycles. The molecule has 0 spiro atoms. The van der Waals surface area contributed by atoms with Crippen LogP contribution in [0.5, 0.6) is 5.75 Å². The lowest BCUT2D eigenvalue weighted by molar-refractivity contribution is 0.0103. The summed E-state index contributed by atoms with van der Waals surface area (Å²) in [6.07, 6.45) is 3.43. The Hall–Kier alpha value is -1.40. The fraction of sp³-hybridized carbons (Fsp3) is 0.667. The first-order valence-electron chi connectivity index (χ1n) is 6.29. The van der Waals surface area contributed by atoms with Crippen LogP contribution in [0.2, 0.25) is 0 Å². The topological polar surface area (TPSA) is 50.7 Å². The van der Waals surface area contributed by atoms with Crippen LogP contribution in [0.1, 0.15) is 0 Å². The van der Waals surface area contributed by atoms with E-state index in [0.29, 0.717) is 11.8 Å². The molecule has 0 atom stereocenters. The average Bonchev–Trinajstić information content (AvgIpc) is 2.39. The number of rotatable bonds is 3. The minimum absolute atomic E-state index is 0.625. The summed E-state index contributed by atoms with van der Waals surface area (Å²) in [7, 11) is 1.62. The van der Waals surface area contributed by atoms with Gasteiger partial charge < -0.3 is 14.4 Å². The number of aromatic nitrogens is 2. The maximum atomic E-state index is 5.36. The number of morpholine rings is 1. The molecule has 3 heterocycles. The van der Waals surface area contributed by atoms with Gasteiger partial charge in [0.2, 0.25) is 5.95 Å². The molecule has 6 nitrogen and oxygen atoms in total. The van der Waals surface area contributed by atoms with E-state index in [1.165, 1.54) is 0 Å². The molecule has 2 fully saturated rings. The van der Waals surface area contributed by atoms with Crippen LogP contribution >= 0.6 is 0 Å². The summed E-state index contributed by atoms with van der Waals surface area (Å²) in [5, 5.41) is 0. The van der Waals surface area contributed by atoms with Crippen LogP contribution in [0.15, 0.2) is 12.4 Å². The minimum atomic E-state index is 0.625. The van der Waals surface area contributed by atoms with Crippen LogP contribution in [0.3, 0.4) is 0 Å². The molecule has 2 aliphatic rings. The molecule has 6 heteroatoms. The van der Waals surface area contributed by atoms with Gasteiger partial charge in [0, 0.05) is 32.2 Å². The molecule has 2 saturated heterocycles. The van der Waals surface area contributed by atoms with Gasteiger partial charge in [-0.1, -0.05) is 0 Å². The van der Waals surface area contributed by atoms with Crippen molar-refractivity contribution in [3.63, 3.8) is 0 Å². The van der Waals surface area contributed by atoms with Crippen molar-refractivity contribution in [1.29, 1.82) is 0 Å². The molecule has 1 aromatic rings. The van der Waals surface area contributed by atoms with Gasteiger partial charge in [0.25, 0.3) is 0 Å². The Morgan fingerprint density at radius 2 is 1.89 bits per heavy atom. The second-order valence-electron chi connectivity index (χ2n) is 4.63. The fourth-order valence-electron chi connectivity index (χ4n) is 2.37. The van der Waals surface area contributed by atoms with Crippen molar-refractivity contribution in [1.82, 2.24) is 14.9 Å². The highest BCUT2D eigenvalue weighted by Crippen LogP contribution is 2.21. The normalized spacial score (nSPS) is 21.7. The smallest absolute Gasteiger partial charge is 0.225 e. The lowest BCUT2D eigenvalue weighted by Gasteiger charge is -2.46. The Bertz CT molecular complexity index is 386. The zero-order valence-electron chi connectivity index (χ0n) is 10.6. The van der Waals surface area contributed by atoms with Crippen molar-refractivity contribution < 1.29 is 9.47 Å². The van der Waals surface area contributed by atoms with E-state index in [9.17, 15) is 0 Å². The van der Waals surface area contributed by atoms with Crippen molar-refractivity contribution in [3.8, 4) is 5.75 Å². The summed E-state index contributed by atoms with van der Waals surface area (Å²) in [6.45, 7) is 5.81. The summed E-state index contributed by atoms with van der Waals surface area (Å²) in [6, 6.07) is 0.625. The lowest BCUT2D eigenvalue weighted by atomic mass is 10.1. The van der Waals surface area contributed by atoms with Crippen molar-refractivity contribution >= 4 is 5.95 Å². The van der Waals surface area contributed by atoms with Gasteiger partial charge in [-0.05, 0) is 0 Å². The quantitative estimate of drug-likeness (QED) is 0.753. The third-order valence-electron chi connectivity index (χ3n) is 3.56. The molecule has 1 aromatic heterocycles. The van der Waals surface area contributed by atoms with E-state index in [2.05, 4.69) is 19.8 Å². The molecule has 0 aliphatic carbocycles. The highest BCUT2D eigenvalue weighted by molar-refractivity contribution is 5.36. The first-order chi connectivity index (χ1) is 8.86. The van der Waals surface area contributed by atoms with Crippen LogP contribution in [0.4, 0.5) is 5.95 Å². The minimum Gasteiger partial charge on any atom is -0.494 e. The summed E-state index contributed by atoms with van der Waals surface area (Å²) >= 11 is 0. The highest BCUT2D eigenvalue weighted by Gasteiger charge is 2.33. The van der Waals surface area contributed by atoms with E-state index in [0.717, 1.165) is 45.3 Å². The Morgan fingerprint density at radius 3 is 2.50 bits per heavy atom. The fourth-order valence-corrected chi connectivity index (χ4v) is 2.37. The predicted octanol–water partition coefficient (Wildman–Crippen LogP) is 0.00600. The number of hydrogen-bond acceptors (Lipinski definition) is 6. The van der Waals surface area contributed by atoms with Gasteiger partial charge >= 0.3 is 0 Å². The van der Waals surface area contributed by atoms with E-state index in [4.69, 9.17) is 9.47 Å². The molecule has 3 rings (SSSR count). The van der Waals surface area contributed by atoms with E-state index < -0.39 is 0 Å². The zero-order chi connectivity index (χ0) is 12.4. The monoisotopic (exact) mass is 250 g/mol. The van der Waals surface area contributed by atoms with Crippen LogP contribution < -0.4 is 9.64 Å². The summed E-state index contributed by atoms with van der Waals surface area (Å²) in [5.41, 5.74) is 0. The highest BCUT2D eigenvalue weighted by atomic mass is 16.5. The Labute approximate surface area is 107 Å². The van der Waals surface area contributed by atoms with Crippen molar-refractivity contribution in [2.75, 3.05) is 51.4 Å². The largest absolute Gasteiger partial charge is 0.494 e. The van der Waals surface area contributed by atoms with Gasteiger partial charge in [-0.2, -0.15) is 0 Å². The molecule has 0 unspecified atom stereocenters. The molecular weight excluding hydrogens is 232 g/mol. The van der Waals surface area contributed by atoms with E-state index in [1.54, 1.807) is 19.5 Å². The van der Waals surface area contributed by atoms with Gasteiger partial charge in [0.15, 0.2) is 5.75 Å². The van der Waals surface area contributed by atoms with Crippen LogP contribution in [-0.2, 0) is 4.74 Å². The third kappa shape index (κ3) is 2.26.